The maximum Gasteiger partial charge on any atom is 0.239 e. The summed E-state index contributed by atoms with van der Waals surface area (Å²) in [4.78, 5) is 23.2. The van der Waals surface area contributed by atoms with E-state index in [0.29, 0.717) is 10.7 Å². The zero-order chi connectivity index (χ0) is 13.3. The molecule has 2 atom stereocenters. The molecule has 7 heteroatoms. The van der Waals surface area contributed by atoms with E-state index in [4.69, 9.17) is 23.2 Å². The number of rotatable bonds is 2. The predicted octanol–water partition coefficient (Wildman–Crippen LogP) is 1.04. The van der Waals surface area contributed by atoms with Gasteiger partial charge in [-0.3, -0.25) is 9.59 Å². The molecule has 0 radical (unpaired) electrons. The van der Waals surface area contributed by atoms with E-state index in [9.17, 15) is 14.7 Å². The van der Waals surface area contributed by atoms with E-state index in [2.05, 4.69) is 10.6 Å². The molecule has 2 unspecified atom stereocenters. The molecule has 1 heterocycles. The molecule has 0 aliphatic carbocycles. The van der Waals surface area contributed by atoms with Crippen molar-refractivity contribution >= 4 is 40.7 Å². The zero-order valence-electron chi connectivity index (χ0n) is 9.11. The lowest BCUT2D eigenvalue weighted by Crippen LogP contribution is -2.34. The molecule has 0 saturated carbocycles. The third-order valence-corrected chi connectivity index (χ3v) is 3.46. The number of carbonyl (C=O) groups excluding carboxylic acids is 2. The summed E-state index contributed by atoms with van der Waals surface area (Å²) >= 11 is 11.7. The molecule has 0 aromatic heterocycles. The standard InChI is InChI=1S/C11H10Cl2N2O3/c12-5-2-1-3-6(9(5)13)15-11(18)8-7(16)4-14-10(8)17/h1-3,7-8,16H,4H2,(H,14,17)(H,15,18). The smallest absolute Gasteiger partial charge is 0.239 e. The summed E-state index contributed by atoms with van der Waals surface area (Å²) < 4.78 is 0. The Morgan fingerprint density at radius 1 is 1.44 bits per heavy atom. The molecule has 1 aromatic carbocycles. The topological polar surface area (TPSA) is 78.4 Å². The van der Waals surface area contributed by atoms with Gasteiger partial charge in [-0.1, -0.05) is 29.3 Å². The van der Waals surface area contributed by atoms with Gasteiger partial charge in [0.15, 0.2) is 0 Å². The second-order valence-electron chi connectivity index (χ2n) is 3.88. The van der Waals surface area contributed by atoms with E-state index < -0.39 is 23.8 Å². The average molecular weight is 289 g/mol. The Morgan fingerprint density at radius 3 is 2.78 bits per heavy atom. The predicted molar refractivity (Wildman–Crippen MR) is 67.6 cm³/mol. The van der Waals surface area contributed by atoms with Crippen molar-refractivity contribution in [3.63, 3.8) is 0 Å². The van der Waals surface area contributed by atoms with Crippen molar-refractivity contribution < 1.29 is 14.7 Å². The Labute approximate surface area is 113 Å². The molecule has 1 aliphatic heterocycles. The zero-order valence-corrected chi connectivity index (χ0v) is 10.6. The maximum atomic E-state index is 11.9. The summed E-state index contributed by atoms with van der Waals surface area (Å²) in [7, 11) is 0. The van der Waals surface area contributed by atoms with Crippen LogP contribution in [0, 0.1) is 5.92 Å². The van der Waals surface area contributed by atoms with Crippen molar-refractivity contribution in [2.45, 2.75) is 6.10 Å². The van der Waals surface area contributed by atoms with Gasteiger partial charge in [0.1, 0.15) is 5.92 Å². The Morgan fingerprint density at radius 2 is 2.17 bits per heavy atom. The molecule has 2 amide bonds. The summed E-state index contributed by atoms with van der Waals surface area (Å²) in [6, 6.07) is 4.76. The van der Waals surface area contributed by atoms with Gasteiger partial charge in [0.2, 0.25) is 11.8 Å². The minimum Gasteiger partial charge on any atom is -0.390 e. The van der Waals surface area contributed by atoms with Crippen LogP contribution in [0.15, 0.2) is 18.2 Å². The Kier molecular flexibility index (Phi) is 3.75. The number of aliphatic hydroxyl groups is 1. The van der Waals surface area contributed by atoms with Crippen molar-refractivity contribution in [3.8, 4) is 0 Å². The van der Waals surface area contributed by atoms with Crippen molar-refractivity contribution in [3.05, 3.63) is 28.2 Å². The fourth-order valence-corrected chi connectivity index (χ4v) is 2.06. The SMILES string of the molecule is O=C1NCC(O)C1C(=O)Nc1cccc(Cl)c1Cl. The monoisotopic (exact) mass is 288 g/mol. The van der Waals surface area contributed by atoms with Gasteiger partial charge in [0.25, 0.3) is 0 Å². The number of amides is 2. The summed E-state index contributed by atoms with van der Waals surface area (Å²) in [5.74, 6) is -2.24. The van der Waals surface area contributed by atoms with E-state index in [1.54, 1.807) is 18.2 Å². The second-order valence-corrected chi connectivity index (χ2v) is 4.67. The van der Waals surface area contributed by atoms with Crippen LogP contribution in [0.4, 0.5) is 5.69 Å². The van der Waals surface area contributed by atoms with Crippen LogP contribution in [0.3, 0.4) is 0 Å². The average Bonchev–Trinajstić information content (AvgIpc) is 2.65. The number of β-amino-alcohol motifs (C(OH)–C–C–N with tert-alkyl or cyclic N) is 1. The summed E-state index contributed by atoms with van der Waals surface area (Å²) in [5.41, 5.74) is 0.307. The molecule has 96 valence electrons. The number of anilines is 1. The molecular formula is C11H10Cl2N2O3. The van der Waals surface area contributed by atoms with Crippen molar-refractivity contribution in [1.29, 1.82) is 0 Å². The number of aliphatic hydroxyl groups excluding tert-OH is 1. The molecule has 18 heavy (non-hydrogen) atoms. The van der Waals surface area contributed by atoms with E-state index in [1.165, 1.54) is 0 Å². The van der Waals surface area contributed by atoms with E-state index in [0.717, 1.165) is 0 Å². The van der Waals surface area contributed by atoms with Crippen LogP contribution in [-0.4, -0.2) is 29.6 Å². The fraction of sp³-hybridized carbons (Fsp3) is 0.273. The molecule has 2 rings (SSSR count). The molecule has 5 nitrogen and oxygen atoms in total. The van der Waals surface area contributed by atoms with Gasteiger partial charge in [-0.15, -0.1) is 0 Å². The van der Waals surface area contributed by atoms with Crippen LogP contribution < -0.4 is 10.6 Å². The van der Waals surface area contributed by atoms with Gasteiger partial charge in [-0.05, 0) is 12.1 Å². The van der Waals surface area contributed by atoms with Crippen LogP contribution in [0.25, 0.3) is 0 Å². The van der Waals surface area contributed by atoms with Crippen molar-refractivity contribution in [2.75, 3.05) is 11.9 Å². The number of hydrogen-bond acceptors (Lipinski definition) is 3. The second kappa shape index (κ2) is 5.14. The highest BCUT2D eigenvalue weighted by Gasteiger charge is 2.39. The first kappa shape index (κ1) is 13.1. The Balaban J connectivity index is 2.16. The van der Waals surface area contributed by atoms with Crippen LogP contribution in [0.1, 0.15) is 0 Å². The lowest BCUT2D eigenvalue weighted by molar-refractivity contribution is -0.132. The Hall–Kier alpha value is -1.30. The highest BCUT2D eigenvalue weighted by Crippen LogP contribution is 2.30. The van der Waals surface area contributed by atoms with Crippen LogP contribution in [0.2, 0.25) is 10.0 Å². The fourth-order valence-electron chi connectivity index (χ4n) is 1.71. The van der Waals surface area contributed by atoms with Gasteiger partial charge >= 0.3 is 0 Å². The van der Waals surface area contributed by atoms with Crippen LogP contribution in [0.5, 0.6) is 0 Å². The Bertz CT molecular complexity index is 507. The summed E-state index contributed by atoms with van der Waals surface area (Å²) in [6.45, 7) is 0.0696. The molecule has 0 bridgehead atoms. The number of nitrogens with one attached hydrogen (secondary N) is 2. The van der Waals surface area contributed by atoms with Gasteiger partial charge in [0, 0.05) is 6.54 Å². The number of benzene rings is 1. The number of carbonyl (C=O) groups is 2. The van der Waals surface area contributed by atoms with E-state index >= 15 is 0 Å². The summed E-state index contributed by atoms with van der Waals surface area (Å²) in [6.07, 6.45) is -1.03. The third kappa shape index (κ3) is 2.43. The van der Waals surface area contributed by atoms with E-state index in [1.807, 2.05) is 0 Å². The maximum absolute atomic E-state index is 11.9. The molecule has 1 saturated heterocycles. The minimum absolute atomic E-state index is 0.0696. The molecule has 1 fully saturated rings. The van der Waals surface area contributed by atoms with Crippen molar-refractivity contribution in [2.24, 2.45) is 5.92 Å². The quantitative estimate of drug-likeness (QED) is 0.712. The van der Waals surface area contributed by atoms with Gasteiger partial charge in [-0.2, -0.15) is 0 Å². The lowest BCUT2D eigenvalue weighted by atomic mass is 10.0. The van der Waals surface area contributed by atoms with Gasteiger partial charge < -0.3 is 15.7 Å². The molecule has 1 aliphatic rings. The summed E-state index contributed by atoms with van der Waals surface area (Å²) in [5, 5.41) is 14.9. The highest BCUT2D eigenvalue weighted by molar-refractivity contribution is 6.44. The first-order valence-corrected chi connectivity index (χ1v) is 5.97. The van der Waals surface area contributed by atoms with E-state index in [-0.39, 0.29) is 11.6 Å². The third-order valence-electron chi connectivity index (χ3n) is 2.64. The minimum atomic E-state index is -1.12. The molecule has 1 aromatic rings. The van der Waals surface area contributed by atoms with Gasteiger partial charge in [-0.25, -0.2) is 0 Å². The first-order chi connectivity index (χ1) is 8.50. The first-order valence-electron chi connectivity index (χ1n) is 5.21. The van der Waals surface area contributed by atoms with Crippen molar-refractivity contribution in [1.82, 2.24) is 5.32 Å². The largest absolute Gasteiger partial charge is 0.390 e. The number of halogens is 2. The molecular weight excluding hydrogens is 279 g/mol. The molecule has 0 spiro atoms. The van der Waals surface area contributed by atoms with Crippen LogP contribution in [-0.2, 0) is 9.59 Å². The number of hydrogen-bond donors (Lipinski definition) is 3. The lowest BCUT2D eigenvalue weighted by Gasteiger charge is -2.13. The van der Waals surface area contributed by atoms with Crippen LogP contribution >= 0.6 is 23.2 Å². The molecule has 3 N–H and O–H groups in total. The van der Waals surface area contributed by atoms with Gasteiger partial charge in [0.05, 0.1) is 21.8 Å². The normalized spacial score (nSPS) is 22.7. The highest BCUT2D eigenvalue weighted by atomic mass is 35.5.